The third kappa shape index (κ3) is 3.00. The Hall–Kier alpha value is -1.49. The molecule has 2 nitrogen and oxygen atoms in total. The monoisotopic (exact) mass is 217 g/mol. The van der Waals surface area contributed by atoms with Crippen LogP contribution in [0.25, 0.3) is 0 Å². The fraction of sp³-hybridized carbons (Fsp3) is 0.500. The van der Waals surface area contributed by atoms with Crippen molar-refractivity contribution in [1.29, 1.82) is 5.26 Å². The van der Waals surface area contributed by atoms with Crippen molar-refractivity contribution in [1.82, 2.24) is 0 Å². The molecule has 86 valence electrons. The summed E-state index contributed by atoms with van der Waals surface area (Å²) in [6.45, 7) is 10.4. The second-order valence-corrected chi connectivity index (χ2v) is 4.99. The van der Waals surface area contributed by atoms with Gasteiger partial charge in [-0.25, -0.2) is 0 Å². The Bertz CT molecular complexity index is 427. The minimum Gasteiger partial charge on any atom is -0.492 e. The van der Waals surface area contributed by atoms with Crippen LogP contribution in [-0.2, 0) is 0 Å². The molecule has 0 heterocycles. The van der Waals surface area contributed by atoms with E-state index in [-0.39, 0.29) is 0 Å². The van der Waals surface area contributed by atoms with E-state index in [9.17, 15) is 0 Å². The van der Waals surface area contributed by atoms with Crippen molar-refractivity contribution in [2.24, 2.45) is 5.41 Å². The second kappa shape index (κ2) is 4.57. The molecule has 0 bridgehead atoms. The quantitative estimate of drug-likeness (QED) is 0.775. The summed E-state index contributed by atoms with van der Waals surface area (Å²) in [5.41, 5.74) is 3.17. The molecule has 0 aromatic heterocycles. The van der Waals surface area contributed by atoms with Gasteiger partial charge in [0, 0.05) is 0 Å². The minimum absolute atomic E-state index is 0.423. The van der Waals surface area contributed by atoms with Crippen LogP contribution < -0.4 is 4.74 Å². The summed E-state index contributed by atoms with van der Waals surface area (Å²) < 4.78 is 5.71. The third-order valence-corrected chi connectivity index (χ3v) is 2.68. The van der Waals surface area contributed by atoms with E-state index in [1.54, 1.807) is 0 Å². The normalized spacial score (nSPS) is 11.0. The van der Waals surface area contributed by atoms with Crippen molar-refractivity contribution in [2.45, 2.75) is 34.6 Å². The molecule has 0 aliphatic carbocycles. The molecule has 1 rings (SSSR count). The molecule has 1 aromatic rings. The van der Waals surface area contributed by atoms with Gasteiger partial charge in [0.2, 0.25) is 0 Å². The van der Waals surface area contributed by atoms with Crippen molar-refractivity contribution in [3.8, 4) is 11.8 Å². The molecule has 0 spiro atoms. The van der Waals surface area contributed by atoms with Crippen molar-refractivity contribution in [3.05, 3.63) is 28.8 Å². The smallest absolute Gasteiger partial charge is 0.122 e. The van der Waals surface area contributed by atoms with Gasteiger partial charge in [0.25, 0.3) is 0 Å². The van der Waals surface area contributed by atoms with Crippen molar-refractivity contribution >= 4 is 0 Å². The van der Waals surface area contributed by atoms with Gasteiger partial charge in [0.15, 0.2) is 0 Å². The lowest BCUT2D eigenvalue weighted by Gasteiger charge is -2.18. The molecule has 0 N–H and O–H groups in total. The molecular weight excluding hydrogens is 198 g/mol. The molecule has 2 heteroatoms. The zero-order valence-electron chi connectivity index (χ0n) is 10.7. The largest absolute Gasteiger partial charge is 0.492 e. The summed E-state index contributed by atoms with van der Waals surface area (Å²) in [4.78, 5) is 0. The van der Waals surface area contributed by atoms with Crippen LogP contribution in [0.2, 0.25) is 0 Å². The summed E-state index contributed by atoms with van der Waals surface area (Å²) in [6.07, 6.45) is 0. The van der Waals surface area contributed by atoms with E-state index in [4.69, 9.17) is 10.00 Å². The van der Waals surface area contributed by atoms with Crippen LogP contribution in [0.5, 0.6) is 5.75 Å². The SMILES string of the molecule is Cc1cc(C)c(OCC(C)(C)C#N)cc1C. The topological polar surface area (TPSA) is 33.0 Å². The lowest BCUT2D eigenvalue weighted by molar-refractivity contribution is 0.226. The van der Waals surface area contributed by atoms with Crippen LogP contribution in [-0.4, -0.2) is 6.61 Å². The predicted octanol–water partition coefficient (Wildman–Crippen LogP) is 3.54. The molecule has 0 unspecified atom stereocenters. The Morgan fingerprint density at radius 3 is 2.25 bits per heavy atom. The number of benzene rings is 1. The van der Waals surface area contributed by atoms with Gasteiger partial charge in [-0.05, 0) is 57.4 Å². The summed E-state index contributed by atoms with van der Waals surface area (Å²) >= 11 is 0. The Morgan fingerprint density at radius 2 is 1.69 bits per heavy atom. The lowest BCUT2D eigenvalue weighted by atomic mass is 9.97. The first-order chi connectivity index (χ1) is 7.35. The first kappa shape index (κ1) is 12.6. The number of nitriles is 1. The molecule has 0 fully saturated rings. The van der Waals surface area contributed by atoms with Gasteiger partial charge >= 0.3 is 0 Å². The van der Waals surface area contributed by atoms with Gasteiger partial charge in [-0.15, -0.1) is 0 Å². The first-order valence-corrected chi connectivity index (χ1v) is 5.47. The second-order valence-electron chi connectivity index (χ2n) is 4.99. The van der Waals surface area contributed by atoms with Crippen molar-refractivity contribution in [2.75, 3.05) is 6.61 Å². The maximum atomic E-state index is 8.91. The zero-order chi connectivity index (χ0) is 12.3. The Morgan fingerprint density at radius 1 is 1.12 bits per heavy atom. The standard InChI is InChI=1S/C14H19NO/c1-10-6-12(3)13(7-11(10)2)16-9-14(4,5)8-15/h6-7H,9H2,1-5H3. The molecule has 0 atom stereocenters. The Balaban J connectivity index is 2.84. The highest BCUT2D eigenvalue weighted by molar-refractivity contribution is 5.40. The number of aryl methyl sites for hydroxylation is 3. The Kier molecular flexibility index (Phi) is 3.59. The van der Waals surface area contributed by atoms with Crippen LogP contribution in [0.15, 0.2) is 12.1 Å². The van der Waals surface area contributed by atoms with Crippen LogP contribution in [0.3, 0.4) is 0 Å². The molecule has 16 heavy (non-hydrogen) atoms. The van der Waals surface area contributed by atoms with E-state index in [2.05, 4.69) is 26.0 Å². The maximum absolute atomic E-state index is 8.91. The average Bonchev–Trinajstić information content (AvgIpc) is 2.22. The van der Waals surface area contributed by atoms with Crippen LogP contribution >= 0.6 is 0 Å². The molecule has 0 saturated heterocycles. The van der Waals surface area contributed by atoms with Crippen molar-refractivity contribution in [3.63, 3.8) is 0 Å². The molecule has 0 saturated carbocycles. The van der Waals surface area contributed by atoms with Crippen LogP contribution in [0.1, 0.15) is 30.5 Å². The van der Waals surface area contributed by atoms with Gasteiger partial charge in [-0.2, -0.15) is 5.26 Å². The van der Waals surface area contributed by atoms with E-state index >= 15 is 0 Å². The minimum atomic E-state index is -0.439. The number of hydrogen-bond acceptors (Lipinski definition) is 2. The fourth-order valence-electron chi connectivity index (χ4n) is 1.38. The zero-order valence-corrected chi connectivity index (χ0v) is 10.7. The Labute approximate surface area is 97.9 Å². The highest BCUT2D eigenvalue weighted by Gasteiger charge is 2.18. The average molecular weight is 217 g/mol. The van der Waals surface area contributed by atoms with Gasteiger partial charge < -0.3 is 4.74 Å². The van der Waals surface area contributed by atoms with Crippen LogP contribution in [0.4, 0.5) is 0 Å². The number of ether oxygens (including phenoxy) is 1. The summed E-state index contributed by atoms with van der Waals surface area (Å²) in [5.74, 6) is 0.881. The number of rotatable bonds is 3. The fourth-order valence-corrected chi connectivity index (χ4v) is 1.38. The highest BCUT2D eigenvalue weighted by atomic mass is 16.5. The van der Waals surface area contributed by atoms with Gasteiger partial charge in [-0.1, -0.05) is 6.07 Å². The molecule has 0 radical (unpaired) electrons. The molecule has 0 aliphatic heterocycles. The highest BCUT2D eigenvalue weighted by Crippen LogP contribution is 2.24. The lowest BCUT2D eigenvalue weighted by Crippen LogP contribution is -2.19. The van der Waals surface area contributed by atoms with E-state index in [1.165, 1.54) is 11.1 Å². The number of nitrogens with zero attached hydrogens (tertiary/aromatic N) is 1. The van der Waals surface area contributed by atoms with Gasteiger partial charge in [0.05, 0.1) is 11.5 Å². The summed E-state index contributed by atoms with van der Waals surface area (Å²) in [6, 6.07) is 6.39. The predicted molar refractivity (Wildman–Crippen MR) is 65.5 cm³/mol. The summed E-state index contributed by atoms with van der Waals surface area (Å²) in [7, 11) is 0. The van der Waals surface area contributed by atoms with Gasteiger partial charge in [0.1, 0.15) is 12.4 Å². The molecular formula is C14H19NO. The number of hydrogen-bond donors (Lipinski definition) is 0. The van der Waals surface area contributed by atoms with E-state index in [0.717, 1.165) is 11.3 Å². The van der Waals surface area contributed by atoms with E-state index < -0.39 is 5.41 Å². The molecule has 0 aliphatic rings. The van der Waals surface area contributed by atoms with E-state index in [0.29, 0.717) is 6.61 Å². The summed E-state index contributed by atoms with van der Waals surface area (Å²) in [5, 5.41) is 8.91. The van der Waals surface area contributed by atoms with Crippen molar-refractivity contribution < 1.29 is 4.74 Å². The first-order valence-electron chi connectivity index (χ1n) is 5.47. The van der Waals surface area contributed by atoms with Crippen LogP contribution in [0, 0.1) is 37.5 Å². The third-order valence-electron chi connectivity index (χ3n) is 2.68. The van der Waals surface area contributed by atoms with E-state index in [1.807, 2.05) is 26.8 Å². The molecule has 0 amide bonds. The molecule has 1 aromatic carbocycles. The van der Waals surface area contributed by atoms with Gasteiger partial charge in [-0.3, -0.25) is 0 Å². The maximum Gasteiger partial charge on any atom is 0.122 e.